The Morgan fingerprint density at radius 2 is 2.00 bits per heavy atom. The van der Waals surface area contributed by atoms with Gasteiger partial charge in [0.1, 0.15) is 5.72 Å². The summed E-state index contributed by atoms with van der Waals surface area (Å²) in [6, 6.07) is 10.4. The predicted molar refractivity (Wildman–Crippen MR) is 62.7 cm³/mol. The molecule has 88 valence electrons. The average Bonchev–Trinajstić information content (AvgIpc) is 2.57. The molecular weight excluding hydrogens is 202 g/mol. The van der Waals surface area contributed by atoms with Crippen LogP contribution in [0, 0.1) is 0 Å². The molecule has 2 rings (SSSR count). The first-order valence-electron chi connectivity index (χ1n) is 5.72. The van der Waals surface area contributed by atoms with Crippen molar-refractivity contribution in [1.82, 2.24) is 4.90 Å². The fourth-order valence-electron chi connectivity index (χ4n) is 2.40. The van der Waals surface area contributed by atoms with Crippen molar-refractivity contribution in [1.29, 1.82) is 0 Å². The van der Waals surface area contributed by atoms with Crippen molar-refractivity contribution in [2.24, 2.45) is 0 Å². The van der Waals surface area contributed by atoms with Gasteiger partial charge in [-0.15, -0.1) is 0 Å². The summed E-state index contributed by atoms with van der Waals surface area (Å²) in [5, 5.41) is 9.68. The van der Waals surface area contributed by atoms with E-state index in [4.69, 9.17) is 4.74 Å². The number of β-amino-alcohol motifs (C(OH)–C–C–N with tert-alkyl or cyclic N) is 1. The van der Waals surface area contributed by atoms with Crippen molar-refractivity contribution in [2.45, 2.75) is 38.8 Å². The molecule has 1 aliphatic rings. The monoisotopic (exact) mass is 221 g/mol. The molecule has 3 nitrogen and oxygen atoms in total. The third-order valence-electron chi connectivity index (χ3n) is 3.20. The Kier molecular flexibility index (Phi) is 3.02. The summed E-state index contributed by atoms with van der Waals surface area (Å²) in [5.41, 5.74) is 0.565. The van der Waals surface area contributed by atoms with Gasteiger partial charge in [0.15, 0.2) is 6.29 Å². The molecule has 0 bridgehead atoms. The number of rotatable bonds is 2. The van der Waals surface area contributed by atoms with Crippen LogP contribution in [0.4, 0.5) is 0 Å². The van der Waals surface area contributed by atoms with Gasteiger partial charge in [-0.3, -0.25) is 4.90 Å². The van der Waals surface area contributed by atoms with Gasteiger partial charge in [-0.05, 0) is 26.3 Å². The van der Waals surface area contributed by atoms with Gasteiger partial charge in [0, 0.05) is 6.04 Å². The van der Waals surface area contributed by atoms with Gasteiger partial charge >= 0.3 is 0 Å². The number of ether oxygens (including phenoxy) is 1. The fraction of sp³-hybridized carbons (Fsp3) is 0.538. The first-order chi connectivity index (χ1) is 7.54. The maximum absolute atomic E-state index is 9.68. The van der Waals surface area contributed by atoms with E-state index in [0.29, 0.717) is 12.6 Å². The van der Waals surface area contributed by atoms with Crippen LogP contribution >= 0.6 is 0 Å². The second-order valence-electron chi connectivity index (χ2n) is 4.67. The number of aliphatic hydroxyl groups excluding tert-OH is 1. The molecule has 2 unspecified atom stereocenters. The molecule has 1 fully saturated rings. The number of hydrogen-bond acceptors (Lipinski definition) is 3. The summed E-state index contributed by atoms with van der Waals surface area (Å²) >= 11 is 0. The highest BCUT2D eigenvalue weighted by atomic mass is 16.6. The van der Waals surface area contributed by atoms with E-state index < -0.39 is 12.0 Å². The molecule has 1 aromatic rings. The molecule has 3 heteroatoms. The number of hydrogen-bond donors (Lipinski definition) is 1. The van der Waals surface area contributed by atoms with E-state index >= 15 is 0 Å². The quantitative estimate of drug-likeness (QED) is 0.828. The lowest BCUT2D eigenvalue weighted by Gasteiger charge is -2.36. The van der Waals surface area contributed by atoms with E-state index in [2.05, 4.69) is 18.7 Å². The summed E-state index contributed by atoms with van der Waals surface area (Å²) in [5.74, 6) is 0. The van der Waals surface area contributed by atoms with Gasteiger partial charge in [0.25, 0.3) is 0 Å². The van der Waals surface area contributed by atoms with E-state index in [-0.39, 0.29) is 0 Å². The van der Waals surface area contributed by atoms with Crippen LogP contribution in [0.5, 0.6) is 0 Å². The SMILES string of the molecule is CC(C)N1CC(O)OC1(C)c1ccccc1. The lowest BCUT2D eigenvalue weighted by molar-refractivity contribution is -0.161. The lowest BCUT2D eigenvalue weighted by atomic mass is 10.0. The van der Waals surface area contributed by atoms with E-state index in [1.165, 1.54) is 0 Å². The van der Waals surface area contributed by atoms with Crippen LogP contribution in [0.15, 0.2) is 30.3 Å². The topological polar surface area (TPSA) is 32.7 Å². The summed E-state index contributed by atoms with van der Waals surface area (Å²) in [6.07, 6.45) is -0.701. The molecule has 0 amide bonds. The van der Waals surface area contributed by atoms with E-state index in [1.807, 2.05) is 37.3 Å². The normalized spacial score (nSPS) is 31.2. The van der Waals surface area contributed by atoms with Crippen LogP contribution in [0.2, 0.25) is 0 Å². The van der Waals surface area contributed by atoms with Crippen LogP contribution in [-0.2, 0) is 10.5 Å². The third kappa shape index (κ3) is 1.86. The Bertz CT molecular complexity index is 352. The van der Waals surface area contributed by atoms with Crippen molar-refractivity contribution in [3.05, 3.63) is 35.9 Å². The molecule has 16 heavy (non-hydrogen) atoms. The third-order valence-corrected chi connectivity index (χ3v) is 3.20. The maximum atomic E-state index is 9.68. The van der Waals surface area contributed by atoms with Crippen molar-refractivity contribution in [2.75, 3.05) is 6.54 Å². The minimum Gasteiger partial charge on any atom is -0.367 e. The van der Waals surface area contributed by atoms with Crippen LogP contribution < -0.4 is 0 Å². The Morgan fingerprint density at radius 1 is 1.38 bits per heavy atom. The molecule has 0 saturated carbocycles. The van der Waals surface area contributed by atoms with E-state index in [0.717, 1.165) is 5.56 Å². The average molecular weight is 221 g/mol. The molecule has 0 radical (unpaired) electrons. The molecule has 1 aliphatic heterocycles. The number of benzene rings is 1. The number of nitrogens with zero attached hydrogens (tertiary/aromatic N) is 1. The Morgan fingerprint density at radius 3 is 2.56 bits per heavy atom. The molecule has 1 aromatic carbocycles. The van der Waals surface area contributed by atoms with Crippen LogP contribution in [0.3, 0.4) is 0 Å². The standard InChI is InChI=1S/C13H19NO2/c1-10(2)14-9-12(15)16-13(14,3)11-7-5-4-6-8-11/h4-8,10,12,15H,9H2,1-3H3. The van der Waals surface area contributed by atoms with Gasteiger partial charge in [-0.1, -0.05) is 30.3 Å². The zero-order chi connectivity index (χ0) is 11.8. The lowest BCUT2D eigenvalue weighted by Crippen LogP contribution is -2.43. The van der Waals surface area contributed by atoms with Crippen LogP contribution in [-0.4, -0.2) is 28.9 Å². The molecule has 0 aromatic heterocycles. The highest BCUT2D eigenvalue weighted by Crippen LogP contribution is 2.37. The van der Waals surface area contributed by atoms with Gasteiger partial charge in [0.05, 0.1) is 6.54 Å². The maximum Gasteiger partial charge on any atom is 0.170 e. The Hall–Kier alpha value is -0.900. The Balaban J connectivity index is 2.36. The van der Waals surface area contributed by atoms with E-state index in [1.54, 1.807) is 0 Å². The second kappa shape index (κ2) is 4.17. The largest absolute Gasteiger partial charge is 0.367 e. The predicted octanol–water partition coefficient (Wildman–Crippen LogP) is 1.92. The van der Waals surface area contributed by atoms with Gasteiger partial charge in [-0.25, -0.2) is 0 Å². The van der Waals surface area contributed by atoms with Gasteiger partial charge in [-0.2, -0.15) is 0 Å². The second-order valence-corrected chi connectivity index (χ2v) is 4.67. The van der Waals surface area contributed by atoms with Crippen LogP contribution in [0.25, 0.3) is 0 Å². The first kappa shape index (κ1) is 11.6. The zero-order valence-electron chi connectivity index (χ0n) is 10.1. The molecule has 0 spiro atoms. The summed E-state index contributed by atoms with van der Waals surface area (Å²) in [7, 11) is 0. The molecule has 1 heterocycles. The molecule has 1 N–H and O–H groups in total. The smallest absolute Gasteiger partial charge is 0.170 e. The van der Waals surface area contributed by atoms with Crippen LogP contribution in [0.1, 0.15) is 26.3 Å². The molecule has 0 aliphatic carbocycles. The first-order valence-corrected chi connectivity index (χ1v) is 5.72. The van der Waals surface area contributed by atoms with Crippen molar-refractivity contribution in [3.63, 3.8) is 0 Å². The Labute approximate surface area is 96.6 Å². The highest BCUT2D eigenvalue weighted by molar-refractivity contribution is 5.22. The minimum atomic E-state index is -0.701. The summed E-state index contributed by atoms with van der Waals surface area (Å²) in [4.78, 5) is 2.17. The summed E-state index contributed by atoms with van der Waals surface area (Å²) in [6.45, 7) is 6.80. The molecular formula is C13H19NO2. The summed E-state index contributed by atoms with van der Waals surface area (Å²) < 4.78 is 5.69. The van der Waals surface area contributed by atoms with Crippen molar-refractivity contribution < 1.29 is 9.84 Å². The number of aliphatic hydroxyl groups is 1. The highest BCUT2D eigenvalue weighted by Gasteiger charge is 2.44. The fourth-order valence-corrected chi connectivity index (χ4v) is 2.40. The minimum absolute atomic E-state index is 0.336. The van der Waals surface area contributed by atoms with E-state index in [9.17, 15) is 5.11 Å². The zero-order valence-corrected chi connectivity index (χ0v) is 10.1. The van der Waals surface area contributed by atoms with Crippen molar-refractivity contribution >= 4 is 0 Å². The van der Waals surface area contributed by atoms with Crippen molar-refractivity contribution in [3.8, 4) is 0 Å². The van der Waals surface area contributed by atoms with Gasteiger partial charge in [0.2, 0.25) is 0 Å². The van der Waals surface area contributed by atoms with Gasteiger partial charge < -0.3 is 9.84 Å². The molecule has 2 atom stereocenters. The molecule has 1 saturated heterocycles.